The molecule has 1 aliphatic rings. The predicted molar refractivity (Wildman–Crippen MR) is 140 cm³/mol. The van der Waals surface area contributed by atoms with Gasteiger partial charge >= 0.3 is 0 Å². The van der Waals surface area contributed by atoms with Gasteiger partial charge in [0.15, 0.2) is 0 Å². The number of halogens is 1. The summed E-state index contributed by atoms with van der Waals surface area (Å²) in [6, 6.07) is 11.8. The first kappa shape index (κ1) is 27.0. The van der Waals surface area contributed by atoms with Crippen molar-refractivity contribution in [2.45, 2.75) is 65.1 Å². The highest BCUT2D eigenvalue weighted by Crippen LogP contribution is 2.27. The first-order chi connectivity index (χ1) is 16.5. The molecular weight excluding hydrogens is 486 g/mol. The monoisotopic (exact) mass is 519 g/mol. The first-order valence-electron chi connectivity index (χ1n) is 11.9. The van der Waals surface area contributed by atoms with Crippen LogP contribution in [0.25, 0.3) is 0 Å². The molecule has 2 aromatic rings. The van der Waals surface area contributed by atoms with Crippen LogP contribution in [-0.2, 0) is 26.2 Å². The van der Waals surface area contributed by atoms with Gasteiger partial charge in [0.1, 0.15) is 12.6 Å². The van der Waals surface area contributed by atoms with Gasteiger partial charge in [0.25, 0.3) is 0 Å². The van der Waals surface area contributed by atoms with E-state index in [2.05, 4.69) is 5.32 Å². The van der Waals surface area contributed by atoms with Crippen LogP contribution in [0.1, 0.15) is 49.3 Å². The van der Waals surface area contributed by atoms with Crippen molar-refractivity contribution in [3.05, 3.63) is 64.2 Å². The lowest BCUT2D eigenvalue weighted by Gasteiger charge is -2.33. The number of aryl methyl sites for hydroxylation is 2. The van der Waals surface area contributed by atoms with Crippen LogP contribution >= 0.6 is 11.6 Å². The van der Waals surface area contributed by atoms with Crippen molar-refractivity contribution in [1.82, 2.24) is 10.2 Å². The summed E-state index contributed by atoms with van der Waals surface area (Å²) in [5.41, 5.74) is 2.78. The number of sulfonamides is 1. The molecule has 190 valence electrons. The van der Waals surface area contributed by atoms with Crippen molar-refractivity contribution in [2.75, 3.05) is 17.1 Å². The standard InChI is InChI=1S/C26H34ClN3O4S/c1-18-8-7-9-19(2)25(18)30(35(4,33)34)17-24(31)29(16-21-12-14-22(27)15-13-21)20(3)26(32)28-23-10-5-6-11-23/h7-9,12-15,20,23H,5-6,10-11,16-17H2,1-4H3,(H,28,32)/t20-/m1/s1. The maximum atomic E-state index is 13.7. The number of hydrogen-bond acceptors (Lipinski definition) is 4. The van der Waals surface area contributed by atoms with Crippen molar-refractivity contribution in [3.63, 3.8) is 0 Å². The number of carbonyl (C=O) groups is 2. The number of benzene rings is 2. The van der Waals surface area contributed by atoms with E-state index in [4.69, 9.17) is 11.6 Å². The molecule has 2 amide bonds. The lowest BCUT2D eigenvalue weighted by atomic mass is 10.1. The zero-order valence-corrected chi connectivity index (χ0v) is 22.3. The summed E-state index contributed by atoms with van der Waals surface area (Å²) in [7, 11) is -3.77. The van der Waals surface area contributed by atoms with Gasteiger partial charge in [0.05, 0.1) is 11.9 Å². The minimum Gasteiger partial charge on any atom is -0.352 e. The molecule has 35 heavy (non-hydrogen) atoms. The number of hydrogen-bond donors (Lipinski definition) is 1. The van der Waals surface area contributed by atoms with Gasteiger partial charge in [-0.25, -0.2) is 8.42 Å². The fraction of sp³-hybridized carbons (Fsp3) is 0.462. The van der Waals surface area contributed by atoms with E-state index in [1.807, 2.05) is 32.0 Å². The highest BCUT2D eigenvalue weighted by Gasteiger charge is 2.32. The third-order valence-electron chi connectivity index (χ3n) is 6.50. The van der Waals surface area contributed by atoms with Gasteiger partial charge in [-0.2, -0.15) is 0 Å². The summed E-state index contributed by atoms with van der Waals surface area (Å²) in [4.78, 5) is 28.2. The van der Waals surface area contributed by atoms with Crippen LogP contribution in [0.4, 0.5) is 5.69 Å². The Labute approximate surface area is 213 Å². The predicted octanol–water partition coefficient (Wildman–Crippen LogP) is 4.20. The quantitative estimate of drug-likeness (QED) is 0.538. The highest BCUT2D eigenvalue weighted by molar-refractivity contribution is 7.92. The normalized spacial score (nSPS) is 15.0. The van der Waals surface area contributed by atoms with Gasteiger partial charge in [-0.3, -0.25) is 13.9 Å². The van der Waals surface area contributed by atoms with Crippen molar-refractivity contribution < 1.29 is 18.0 Å². The van der Waals surface area contributed by atoms with Gasteiger partial charge in [0, 0.05) is 17.6 Å². The summed E-state index contributed by atoms with van der Waals surface area (Å²) >= 11 is 6.02. The maximum Gasteiger partial charge on any atom is 0.244 e. The Morgan fingerprint density at radius 3 is 2.17 bits per heavy atom. The van der Waals surface area contributed by atoms with Gasteiger partial charge in [-0.1, -0.05) is 54.8 Å². The minimum atomic E-state index is -3.77. The van der Waals surface area contributed by atoms with E-state index in [1.165, 1.54) is 4.90 Å². The second-order valence-electron chi connectivity index (χ2n) is 9.32. The van der Waals surface area contributed by atoms with E-state index in [1.54, 1.807) is 31.2 Å². The SMILES string of the molecule is Cc1cccc(C)c1N(CC(=O)N(Cc1ccc(Cl)cc1)[C@H](C)C(=O)NC1CCCC1)S(C)(=O)=O. The van der Waals surface area contributed by atoms with Crippen LogP contribution in [0.3, 0.4) is 0 Å². The van der Waals surface area contributed by atoms with Crippen molar-refractivity contribution in [1.29, 1.82) is 0 Å². The summed E-state index contributed by atoms with van der Waals surface area (Å²) in [5, 5.41) is 3.62. The maximum absolute atomic E-state index is 13.7. The molecule has 1 atom stereocenters. The number of amides is 2. The smallest absolute Gasteiger partial charge is 0.244 e. The second-order valence-corrected chi connectivity index (χ2v) is 11.7. The van der Waals surface area contributed by atoms with Gasteiger partial charge in [-0.15, -0.1) is 0 Å². The van der Waals surface area contributed by atoms with Crippen LogP contribution in [0.2, 0.25) is 5.02 Å². The molecule has 9 heteroatoms. The molecule has 0 radical (unpaired) electrons. The zero-order chi connectivity index (χ0) is 25.8. The molecule has 0 heterocycles. The van der Waals surface area contributed by atoms with Crippen molar-refractivity contribution in [3.8, 4) is 0 Å². The molecule has 1 saturated carbocycles. The third-order valence-corrected chi connectivity index (χ3v) is 7.87. The van der Waals surface area contributed by atoms with Crippen LogP contribution in [0.5, 0.6) is 0 Å². The van der Waals surface area contributed by atoms with Crippen LogP contribution in [-0.4, -0.2) is 50.0 Å². The largest absolute Gasteiger partial charge is 0.352 e. The van der Waals surface area contributed by atoms with Gasteiger partial charge < -0.3 is 10.2 Å². The molecule has 2 aromatic carbocycles. The molecule has 7 nitrogen and oxygen atoms in total. The topological polar surface area (TPSA) is 86.8 Å². The Morgan fingerprint density at radius 1 is 1.06 bits per heavy atom. The van der Waals surface area contributed by atoms with Crippen LogP contribution in [0, 0.1) is 13.8 Å². The van der Waals surface area contributed by atoms with E-state index in [0.717, 1.165) is 52.9 Å². The molecule has 3 rings (SSSR count). The van der Waals surface area contributed by atoms with Crippen molar-refractivity contribution >= 4 is 39.1 Å². The fourth-order valence-corrected chi connectivity index (χ4v) is 5.63. The average molecular weight is 520 g/mol. The molecule has 1 fully saturated rings. The number of anilines is 1. The molecule has 1 N–H and O–H groups in total. The lowest BCUT2D eigenvalue weighted by molar-refractivity contribution is -0.139. The summed E-state index contributed by atoms with van der Waals surface area (Å²) in [6.45, 7) is 5.06. The minimum absolute atomic E-state index is 0.111. The first-order valence-corrected chi connectivity index (χ1v) is 14.1. The molecular formula is C26H34ClN3O4S. The van der Waals surface area contributed by atoms with E-state index >= 15 is 0 Å². The summed E-state index contributed by atoms with van der Waals surface area (Å²) in [5.74, 6) is -0.695. The van der Waals surface area contributed by atoms with E-state index in [-0.39, 0.29) is 18.5 Å². The molecule has 0 saturated heterocycles. The van der Waals surface area contributed by atoms with E-state index < -0.39 is 28.5 Å². The molecule has 1 aliphatic carbocycles. The van der Waals surface area contributed by atoms with Crippen LogP contribution in [0.15, 0.2) is 42.5 Å². The Bertz CT molecular complexity index is 1140. The Morgan fingerprint density at radius 2 is 1.63 bits per heavy atom. The molecule has 0 aromatic heterocycles. The molecule has 0 aliphatic heterocycles. The van der Waals surface area contributed by atoms with Crippen molar-refractivity contribution in [2.24, 2.45) is 0 Å². The van der Waals surface area contributed by atoms with Crippen LogP contribution < -0.4 is 9.62 Å². The number of nitrogens with zero attached hydrogens (tertiary/aromatic N) is 2. The fourth-order valence-electron chi connectivity index (χ4n) is 4.54. The Kier molecular flexibility index (Phi) is 8.83. The second kappa shape index (κ2) is 11.4. The zero-order valence-electron chi connectivity index (χ0n) is 20.8. The molecule has 0 spiro atoms. The van der Waals surface area contributed by atoms with E-state index in [0.29, 0.717) is 10.7 Å². The Balaban J connectivity index is 1.91. The molecule has 0 bridgehead atoms. The lowest BCUT2D eigenvalue weighted by Crippen LogP contribution is -2.52. The number of nitrogens with one attached hydrogen (secondary N) is 1. The number of rotatable bonds is 9. The Hall–Kier alpha value is -2.58. The third kappa shape index (κ3) is 6.98. The number of para-hydroxylation sites is 1. The van der Waals surface area contributed by atoms with E-state index in [9.17, 15) is 18.0 Å². The van der Waals surface area contributed by atoms with Gasteiger partial charge in [0.2, 0.25) is 21.8 Å². The highest BCUT2D eigenvalue weighted by atomic mass is 35.5. The summed E-state index contributed by atoms with van der Waals surface area (Å²) < 4.78 is 26.7. The van der Waals surface area contributed by atoms with Gasteiger partial charge in [-0.05, 0) is 62.4 Å². The summed E-state index contributed by atoms with van der Waals surface area (Å²) in [6.07, 6.45) is 5.10. The number of carbonyl (C=O) groups excluding carboxylic acids is 2. The molecule has 0 unspecified atom stereocenters. The average Bonchev–Trinajstić information content (AvgIpc) is 3.29.